The molecule has 1 unspecified atom stereocenters. The molecule has 1 aromatic heterocycles. The Morgan fingerprint density at radius 2 is 2.40 bits per heavy atom. The number of likely N-dealkylation sites (tertiary alicyclic amines) is 1. The van der Waals surface area contributed by atoms with Crippen molar-refractivity contribution in [1.29, 1.82) is 0 Å². The van der Waals surface area contributed by atoms with Crippen LogP contribution in [0.1, 0.15) is 36.5 Å². The van der Waals surface area contributed by atoms with Crippen LogP contribution in [0.2, 0.25) is 5.02 Å². The third-order valence-corrected chi connectivity index (χ3v) is 3.82. The van der Waals surface area contributed by atoms with Crippen LogP contribution in [-0.2, 0) is 0 Å². The first kappa shape index (κ1) is 15.1. The second-order valence-electron chi connectivity index (χ2n) is 4.92. The highest BCUT2D eigenvalue weighted by atomic mass is 35.5. The predicted molar refractivity (Wildman–Crippen MR) is 79.2 cm³/mol. The van der Waals surface area contributed by atoms with Crippen LogP contribution in [0.4, 0.5) is 5.82 Å². The fourth-order valence-electron chi connectivity index (χ4n) is 2.48. The van der Waals surface area contributed by atoms with Gasteiger partial charge >= 0.3 is 0 Å². The molecule has 2 heterocycles. The maximum Gasteiger partial charge on any atom is 0.255 e. The maximum absolute atomic E-state index is 12.5. The second kappa shape index (κ2) is 6.90. The summed E-state index contributed by atoms with van der Waals surface area (Å²) in [7, 11) is 0. The molecular formula is C14H20ClN3O2. The van der Waals surface area contributed by atoms with Gasteiger partial charge in [0.2, 0.25) is 0 Å². The summed E-state index contributed by atoms with van der Waals surface area (Å²) >= 11 is 6.12. The van der Waals surface area contributed by atoms with Gasteiger partial charge in [0, 0.05) is 19.3 Å². The number of carbonyl (C=O) groups excluding carboxylic acids is 1. The van der Waals surface area contributed by atoms with Crippen molar-refractivity contribution in [3.8, 4) is 0 Å². The molecule has 0 radical (unpaired) electrons. The molecule has 5 nitrogen and oxygen atoms in total. The first-order valence-corrected chi connectivity index (χ1v) is 7.36. The van der Waals surface area contributed by atoms with Gasteiger partial charge in [-0.15, -0.1) is 0 Å². The molecule has 1 aromatic rings. The molecule has 2 rings (SSSR count). The fraction of sp³-hybridized carbons (Fsp3) is 0.571. The van der Waals surface area contributed by atoms with Crippen LogP contribution in [-0.4, -0.2) is 46.6 Å². The molecule has 1 aliphatic rings. The summed E-state index contributed by atoms with van der Waals surface area (Å²) < 4.78 is 0. The van der Waals surface area contributed by atoms with Gasteiger partial charge in [-0.25, -0.2) is 4.98 Å². The van der Waals surface area contributed by atoms with Crippen molar-refractivity contribution in [3.63, 3.8) is 0 Å². The lowest BCUT2D eigenvalue weighted by Gasteiger charge is -2.34. The molecule has 0 saturated carbocycles. The standard InChI is InChI=1S/C14H20ClN3O2/c1-2-16-13-12(15)7-10(8-17-13)14(20)18-6-4-3-5-11(18)9-19/h7-8,11,19H,2-6,9H2,1H3,(H,16,17). The van der Waals surface area contributed by atoms with E-state index in [4.69, 9.17) is 11.6 Å². The molecule has 1 atom stereocenters. The Bertz CT molecular complexity index is 481. The molecule has 1 fully saturated rings. The number of rotatable bonds is 4. The molecule has 20 heavy (non-hydrogen) atoms. The Hall–Kier alpha value is -1.33. The minimum atomic E-state index is -0.110. The van der Waals surface area contributed by atoms with Gasteiger partial charge in [-0.2, -0.15) is 0 Å². The zero-order chi connectivity index (χ0) is 14.5. The van der Waals surface area contributed by atoms with Crippen LogP contribution in [0, 0.1) is 0 Å². The molecule has 0 aliphatic carbocycles. The van der Waals surface area contributed by atoms with Crippen LogP contribution >= 0.6 is 11.6 Å². The number of piperidine rings is 1. The third kappa shape index (κ3) is 3.22. The highest BCUT2D eigenvalue weighted by Crippen LogP contribution is 2.23. The van der Waals surface area contributed by atoms with Crippen LogP contribution in [0.25, 0.3) is 0 Å². The summed E-state index contributed by atoms with van der Waals surface area (Å²) in [6.45, 7) is 3.36. The van der Waals surface area contributed by atoms with Crippen molar-refractivity contribution in [3.05, 3.63) is 22.8 Å². The predicted octanol–water partition coefficient (Wildman–Crippen LogP) is 2.15. The molecule has 1 aliphatic heterocycles. The average Bonchev–Trinajstić information content (AvgIpc) is 2.48. The van der Waals surface area contributed by atoms with E-state index in [1.165, 1.54) is 6.20 Å². The quantitative estimate of drug-likeness (QED) is 0.894. The van der Waals surface area contributed by atoms with E-state index in [0.29, 0.717) is 22.9 Å². The van der Waals surface area contributed by atoms with E-state index in [9.17, 15) is 9.90 Å². The Morgan fingerprint density at radius 3 is 3.05 bits per heavy atom. The van der Waals surface area contributed by atoms with E-state index in [-0.39, 0.29) is 18.6 Å². The van der Waals surface area contributed by atoms with Crippen LogP contribution < -0.4 is 5.32 Å². The largest absolute Gasteiger partial charge is 0.394 e. The Labute approximate surface area is 123 Å². The number of hydrogen-bond acceptors (Lipinski definition) is 4. The van der Waals surface area contributed by atoms with Gasteiger partial charge in [-0.05, 0) is 32.3 Å². The summed E-state index contributed by atoms with van der Waals surface area (Å²) in [5, 5.41) is 12.9. The molecule has 1 saturated heterocycles. The van der Waals surface area contributed by atoms with E-state index in [0.717, 1.165) is 25.8 Å². The van der Waals surface area contributed by atoms with E-state index in [1.54, 1.807) is 11.0 Å². The molecule has 110 valence electrons. The topological polar surface area (TPSA) is 65.5 Å². The first-order chi connectivity index (χ1) is 9.67. The number of nitrogens with zero attached hydrogens (tertiary/aromatic N) is 2. The number of aliphatic hydroxyl groups excluding tert-OH is 1. The van der Waals surface area contributed by atoms with Crippen molar-refractivity contribution < 1.29 is 9.90 Å². The lowest BCUT2D eigenvalue weighted by atomic mass is 10.0. The number of aromatic nitrogens is 1. The van der Waals surface area contributed by atoms with Gasteiger partial charge < -0.3 is 15.3 Å². The van der Waals surface area contributed by atoms with Gasteiger partial charge in [-0.3, -0.25) is 4.79 Å². The average molecular weight is 298 g/mol. The van der Waals surface area contributed by atoms with Crippen molar-refractivity contribution in [2.45, 2.75) is 32.2 Å². The molecule has 2 N–H and O–H groups in total. The van der Waals surface area contributed by atoms with E-state index in [1.807, 2.05) is 6.92 Å². The number of carbonyl (C=O) groups is 1. The molecule has 0 bridgehead atoms. The monoisotopic (exact) mass is 297 g/mol. The Kier molecular flexibility index (Phi) is 5.20. The molecule has 1 amide bonds. The minimum absolute atomic E-state index is 0.00236. The number of anilines is 1. The third-order valence-electron chi connectivity index (χ3n) is 3.53. The normalized spacial score (nSPS) is 18.9. The van der Waals surface area contributed by atoms with Crippen molar-refractivity contribution in [2.75, 3.05) is 25.0 Å². The van der Waals surface area contributed by atoms with E-state index >= 15 is 0 Å². The highest BCUT2D eigenvalue weighted by Gasteiger charge is 2.27. The van der Waals surface area contributed by atoms with Gasteiger partial charge in [0.1, 0.15) is 5.82 Å². The van der Waals surface area contributed by atoms with E-state index < -0.39 is 0 Å². The lowest BCUT2D eigenvalue weighted by molar-refractivity contribution is 0.0502. The van der Waals surface area contributed by atoms with Crippen LogP contribution in [0.3, 0.4) is 0 Å². The van der Waals surface area contributed by atoms with E-state index in [2.05, 4.69) is 10.3 Å². The number of pyridine rings is 1. The molecular weight excluding hydrogens is 278 g/mol. The molecule has 0 spiro atoms. The first-order valence-electron chi connectivity index (χ1n) is 6.98. The van der Waals surface area contributed by atoms with Gasteiger partial charge in [0.05, 0.1) is 23.2 Å². The van der Waals surface area contributed by atoms with Crippen molar-refractivity contribution in [2.24, 2.45) is 0 Å². The second-order valence-corrected chi connectivity index (χ2v) is 5.32. The minimum Gasteiger partial charge on any atom is -0.394 e. The zero-order valence-corrected chi connectivity index (χ0v) is 12.4. The van der Waals surface area contributed by atoms with Crippen molar-refractivity contribution >= 4 is 23.3 Å². The number of hydrogen-bond donors (Lipinski definition) is 2. The van der Waals surface area contributed by atoms with Crippen molar-refractivity contribution in [1.82, 2.24) is 9.88 Å². The summed E-state index contributed by atoms with van der Waals surface area (Å²) in [5.74, 6) is 0.476. The smallest absolute Gasteiger partial charge is 0.255 e. The Morgan fingerprint density at radius 1 is 1.60 bits per heavy atom. The van der Waals surface area contributed by atoms with Gasteiger partial charge in [0.25, 0.3) is 5.91 Å². The van der Waals surface area contributed by atoms with Crippen LogP contribution in [0.5, 0.6) is 0 Å². The summed E-state index contributed by atoms with van der Waals surface area (Å²) in [6, 6.07) is 1.54. The Balaban J connectivity index is 2.17. The molecule has 0 aromatic carbocycles. The number of nitrogens with one attached hydrogen (secondary N) is 1. The molecule has 6 heteroatoms. The summed E-state index contributed by atoms with van der Waals surface area (Å²) in [5.41, 5.74) is 0.469. The summed E-state index contributed by atoms with van der Waals surface area (Å²) in [6.07, 6.45) is 4.40. The number of aliphatic hydroxyl groups is 1. The fourth-order valence-corrected chi connectivity index (χ4v) is 2.71. The lowest BCUT2D eigenvalue weighted by Crippen LogP contribution is -2.45. The highest BCUT2D eigenvalue weighted by molar-refractivity contribution is 6.33. The number of amides is 1. The SMILES string of the molecule is CCNc1ncc(C(=O)N2CCCCC2CO)cc1Cl. The maximum atomic E-state index is 12.5. The van der Waals surface area contributed by atoms with Gasteiger partial charge in [-0.1, -0.05) is 11.6 Å². The summed E-state index contributed by atoms with van der Waals surface area (Å²) in [4.78, 5) is 18.4. The zero-order valence-electron chi connectivity index (χ0n) is 11.6. The van der Waals surface area contributed by atoms with Crippen LogP contribution in [0.15, 0.2) is 12.3 Å². The van der Waals surface area contributed by atoms with Gasteiger partial charge in [0.15, 0.2) is 0 Å². The number of halogens is 1.